The number of hydrogen-bond donors (Lipinski definition) is 0. The highest BCUT2D eigenvalue weighted by molar-refractivity contribution is 14.1. The molecule has 4 rings (SSSR count). The Labute approximate surface area is 142 Å². The third kappa shape index (κ3) is 2.31. The zero-order valence-electron chi connectivity index (χ0n) is 11.8. The summed E-state index contributed by atoms with van der Waals surface area (Å²) in [4.78, 5) is 4.84. The minimum atomic E-state index is 0.975. The number of imidazole rings is 1. The van der Waals surface area contributed by atoms with Crippen molar-refractivity contribution in [2.24, 2.45) is 0 Å². The first-order valence-corrected chi connectivity index (χ1v) is 8.20. The molecule has 106 valence electrons. The van der Waals surface area contributed by atoms with E-state index < -0.39 is 0 Å². The van der Waals surface area contributed by atoms with Crippen LogP contribution in [0.1, 0.15) is 0 Å². The van der Waals surface area contributed by atoms with Gasteiger partial charge in [-0.05, 0) is 59.0 Å². The maximum absolute atomic E-state index is 4.84. The van der Waals surface area contributed by atoms with Gasteiger partial charge in [0.05, 0.1) is 11.0 Å². The van der Waals surface area contributed by atoms with Crippen LogP contribution in [-0.2, 0) is 0 Å². The highest BCUT2D eigenvalue weighted by Crippen LogP contribution is 2.28. The molecule has 0 saturated heterocycles. The standard InChI is InChI=1S/C19H13IN2/c20-15-10-12-16(13-11-15)22-18-9-5-4-8-17(18)21-19(22)14-6-2-1-3-7-14/h1-13H. The number of hydrogen-bond acceptors (Lipinski definition) is 1. The van der Waals surface area contributed by atoms with Crippen LogP contribution in [0.2, 0.25) is 0 Å². The minimum Gasteiger partial charge on any atom is -0.292 e. The van der Waals surface area contributed by atoms with Crippen molar-refractivity contribution in [1.82, 2.24) is 9.55 Å². The van der Waals surface area contributed by atoms with Gasteiger partial charge in [0.2, 0.25) is 0 Å². The molecule has 0 bridgehead atoms. The van der Waals surface area contributed by atoms with Crippen LogP contribution in [0.5, 0.6) is 0 Å². The van der Waals surface area contributed by atoms with E-state index in [4.69, 9.17) is 4.98 Å². The average molecular weight is 396 g/mol. The number of halogens is 1. The molecule has 0 unspecified atom stereocenters. The molecular formula is C19H13IN2. The van der Waals surface area contributed by atoms with Crippen LogP contribution in [0, 0.1) is 3.57 Å². The number of fused-ring (bicyclic) bond motifs is 1. The number of para-hydroxylation sites is 2. The van der Waals surface area contributed by atoms with Crippen LogP contribution >= 0.6 is 22.6 Å². The van der Waals surface area contributed by atoms with Gasteiger partial charge in [-0.1, -0.05) is 42.5 Å². The molecule has 2 nitrogen and oxygen atoms in total. The Kier molecular flexibility index (Phi) is 3.42. The molecule has 1 heterocycles. The average Bonchev–Trinajstić information content (AvgIpc) is 2.96. The first-order valence-electron chi connectivity index (χ1n) is 7.12. The molecule has 0 aliphatic carbocycles. The predicted molar refractivity (Wildman–Crippen MR) is 99.2 cm³/mol. The van der Waals surface area contributed by atoms with E-state index in [0.717, 1.165) is 28.1 Å². The second kappa shape index (κ2) is 5.57. The molecule has 0 atom stereocenters. The lowest BCUT2D eigenvalue weighted by atomic mass is 10.2. The molecule has 3 aromatic carbocycles. The van der Waals surface area contributed by atoms with E-state index in [9.17, 15) is 0 Å². The van der Waals surface area contributed by atoms with Gasteiger partial charge in [-0.15, -0.1) is 0 Å². The molecule has 22 heavy (non-hydrogen) atoms. The van der Waals surface area contributed by atoms with Gasteiger partial charge >= 0.3 is 0 Å². The van der Waals surface area contributed by atoms with E-state index in [-0.39, 0.29) is 0 Å². The number of benzene rings is 3. The van der Waals surface area contributed by atoms with Gasteiger partial charge in [0.1, 0.15) is 5.82 Å². The van der Waals surface area contributed by atoms with Gasteiger partial charge in [-0.2, -0.15) is 0 Å². The first-order chi connectivity index (χ1) is 10.8. The fourth-order valence-electron chi connectivity index (χ4n) is 2.66. The zero-order chi connectivity index (χ0) is 14.9. The molecule has 0 aliphatic rings. The summed E-state index contributed by atoms with van der Waals surface area (Å²) >= 11 is 2.33. The molecule has 0 spiro atoms. The Balaban J connectivity index is 2.04. The van der Waals surface area contributed by atoms with Crippen molar-refractivity contribution in [3.05, 3.63) is 82.4 Å². The van der Waals surface area contributed by atoms with Crippen molar-refractivity contribution < 1.29 is 0 Å². The first kappa shape index (κ1) is 13.5. The summed E-state index contributed by atoms with van der Waals surface area (Å²) < 4.78 is 3.45. The monoisotopic (exact) mass is 396 g/mol. The van der Waals surface area contributed by atoms with Gasteiger partial charge in [-0.25, -0.2) is 4.98 Å². The molecule has 1 aromatic heterocycles. The van der Waals surface area contributed by atoms with Crippen molar-refractivity contribution in [2.75, 3.05) is 0 Å². The molecule has 0 N–H and O–H groups in total. The molecule has 4 aromatic rings. The number of rotatable bonds is 2. The third-order valence-corrected chi connectivity index (χ3v) is 4.40. The summed E-state index contributed by atoms with van der Waals surface area (Å²) in [5.74, 6) is 0.975. The molecule has 0 saturated carbocycles. The molecular weight excluding hydrogens is 383 g/mol. The Morgan fingerprint density at radius 3 is 2.18 bits per heavy atom. The summed E-state index contributed by atoms with van der Waals surface area (Å²) in [5.41, 5.74) is 4.40. The lowest BCUT2D eigenvalue weighted by Crippen LogP contribution is -1.97. The highest BCUT2D eigenvalue weighted by atomic mass is 127. The van der Waals surface area contributed by atoms with Crippen LogP contribution in [0.15, 0.2) is 78.9 Å². The van der Waals surface area contributed by atoms with Crippen LogP contribution < -0.4 is 0 Å². The largest absolute Gasteiger partial charge is 0.292 e. The highest BCUT2D eigenvalue weighted by Gasteiger charge is 2.13. The van der Waals surface area contributed by atoms with E-state index in [1.54, 1.807) is 0 Å². The van der Waals surface area contributed by atoms with Crippen molar-refractivity contribution in [3.63, 3.8) is 0 Å². The van der Waals surface area contributed by atoms with E-state index in [1.165, 1.54) is 3.57 Å². The third-order valence-electron chi connectivity index (χ3n) is 3.68. The summed E-state index contributed by atoms with van der Waals surface area (Å²) in [5, 5.41) is 0. The van der Waals surface area contributed by atoms with E-state index in [0.29, 0.717) is 0 Å². The Bertz CT molecular complexity index is 925. The van der Waals surface area contributed by atoms with E-state index in [1.807, 2.05) is 24.3 Å². The van der Waals surface area contributed by atoms with Crippen molar-refractivity contribution in [1.29, 1.82) is 0 Å². The summed E-state index contributed by atoms with van der Waals surface area (Å²) in [6.45, 7) is 0. The van der Waals surface area contributed by atoms with E-state index in [2.05, 4.69) is 81.8 Å². The molecule has 3 heteroatoms. The Morgan fingerprint density at radius 1 is 0.727 bits per heavy atom. The molecule has 0 aliphatic heterocycles. The van der Waals surface area contributed by atoms with Crippen LogP contribution in [-0.4, -0.2) is 9.55 Å². The lowest BCUT2D eigenvalue weighted by Gasteiger charge is -2.09. The van der Waals surface area contributed by atoms with Crippen LogP contribution in [0.25, 0.3) is 28.1 Å². The zero-order valence-corrected chi connectivity index (χ0v) is 13.9. The Morgan fingerprint density at radius 2 is 1.41 bits per heavy atom. The SMILES string of the molecule is Ic1ccc(-n2c(-c3ccccc3)nc3ccccc32)cc1. The predicted octanol–water partition coefficient (Wildman–Crippen LogP) is 5.30. The molecule has 0 amide bonds. The summed E-state index contributed by atoms with van der Waals surface area (Å²) in [6, 6.07) is 27.1. The number of aromatic nitrogens is 2. The molecule has 0 fully saturated rings. The molecule has 0 radical (unpaired) electrons. The van der Waals surface area contributed by atoms with Gasteiger partial charge in [0.15, 0.2) is 0 Å². The fourth-order valence-corrected chi connectivity index (χ4v) is 3.02. The quantitative estimate of drug-likeness (QED) is 0.421. The van der Waals surface area contributed by atoms with Gasteiger partial charge in [0.25, 0.3) is 0 Å². The van der Waals surface area contributed by atoms with Gasteiger partial charge < -0.3 is 0 Å². The smallest absolute Gasteiger partial charge is 0.145 e. The Hall–Kier alpha value is -2.14. The maximum atomic E-state index is 4.84. The van der Waals surface area contributed by atoms with Crippen molar-refractivity contribution in [3.8, 4) is 17.1 Å². The lowest BCUT2D eigenvalue weighted by molar-refractivity contribution is 1.10. The normalized spacial score (nSPS) is 11.0. The van der Waals surface area contributed by atoms with Crippen LogP contribution in [0.4, 0.5) is 0 Å². The number of nitrogens with zero attached hydrogens (tertiary/aromatic N) is 2. The second-order valence-corrected chi connectivity index (χ2v) is 6.35. The summed E-state index contributed by atoms with van der Waals surface area (Å²) in [6.07, 6.45) is 0. The van der Waals surface area contributed by atoms with E-state index >= 15 is 0 Å². The maximum Gasteiger partial charge on any atom is 0.145 e. The second-order valence-electron chi connectivity index (χ2n) is 5.10. The fraction of sp³-hybridized carbons (Fsp3) is 0. The van der Waals surface area contributed by atoms with Crippen molar-refractivity contribution in [2.45, 2.75) is 0 Å². The van der Waals surface area contributed by atoms with Crippen LogP contribution in [0.3, 0.4) is 0 Å². The summed E-state index contributed by atoms with van der Waals surface area (Å²) in [7, 11) is 0. The van der Waals surface area contributed by atoms with Gasteiger partial charge in [-0.3, -0.25) is 4.57 Å². The topological polar surface area (TPSA) is 17.8 Å². The van der Waals surface area contributed by atoms with Gasteiger partial charge in [0, 0.05) is 14.8 Å². The van der Waals surface area contributed by atoms with Crippen molar-refractivity contribution >= 4 is 33.6 Å². The minimum absolute atomic E-state index is 0.975.